The van der Waals surface area contributed by atoms with E-state index in [9.17, 15) is 22.9 Å². The summed E-state index contributed by atoms with van der Waals surface area (Å²) in [5.74, 6) is 3.84. The van der Waals surface area contributed by atoms with Gasteiger partial charge in [0.15, 0.2) is 0 Å². The molecule has 0 aromatic rings. The number of carbonyl (C=O) groups excluding carboxylic acids is 1. The van der Waals surface area contributed by atoms with Gasteiger partial charge >= 0.3 is 0 Å². The standard InChI is InChI=1S/C27H47NO5S/c1-18(5-10-25(30)28-15-4-16-34(31,32)33)22-8-9-23-21-7-6-19-17-20(29)11-13-26(19,2)24(21)12-14-27(22,23)3/h18-24,29H,4-17H2,1-3H3,(H,28,30)(H,31,32,33)/p-1/t18-,19-,20-,21+,22-,23+,24+,26+,27-/m1/s1. The quantitative estimate of drug-likeness (QED) is 0.381. The third-order valence-electron chi connectivity index (χ3n) is 11.1. The largest absolute Gasteiger partial charge is 0.748 e. The first-order valence-electron chi connectivity index (χ1n) is 13.8. The number of nitrogens with one attached hydrogen (secondary N) is 1. The summed E-state index contributed by atoms with van der Waals surface area (Å²) in [7, 11) is -4.21. The van der Waals surface area contributed by atoms with E-state index < -0.39 is 15.9 Å². The highest BCUT2D eigenvalue weighted by atomic mass is 32.2. The number of aliphatic hydroxyl groups excluding tert-OH is 1. The van der Waals surface area contributed by atoms with Crippen LogP contribution in [0.25, 0.3) is 0 Å². The Morgan fingerprint density at radius 1 is 1.06 bits per heavy atom. The summed E-state index contributed by atoms with van der Waals surface area (Å²) in [5, 5.41) is 13.0. The smallest absolute Gasteiger partial charge is 0.220 e. The number of aliphatic hydroxyl groups is 1. The summed E-state index contributed by atoms with van der Waals surface area (Å²) in [4.78, 5) is 12.3. The van der Waals surface area contributed by atoms with Gasteiger partial charge in [0, 0.05) is 18.7 Å². The molecular weight excluding hydrogens is 450 g/mol. The highest BCUT2D eigenvalue weighted by Crippen LogP contribution is 2.68. The molecule has 9 atom stereocenters. The van der Waals surface area contributed by atoms with E-state index in [0.29, 0.717) is 35.0 Å². The van der Waals surface area contributed by atoms with Crippen LogP contribution in [-0.2, 0) is 14.9 Å². The molecule has 0 aromatic heterocycles. The van der Waals surface area contributed by atoms with Gasteiger partial charge in [-0.25, -0.2) is 8.42 Å². The molecule has 0 spiro atoms. The van der Waals surface area contributed by atoms with Crippen molar-refractivity contribution in [3.8, 4) is 0 Å². The van der Waals surface area contributed by atoms with Gasteiger partial charge in [-0.3, -0.25) is 4.79 Å². The van der Waals surface area contributed by atoms with Gasteiger partial charge in [-0.2, -0.15) is 0 Å². The molecule has 6 nitrogen and oxygen atoms in total. The second kappa shape index (κ2) is 10.0. The van der Waals surface area contributed by atoms with Gasteiger partial charge < -0.3 is 15.0 Å². The zero-order chi connectivity index (χ0) is 24.7. The van der Waals surface area contributed by atoms with Crippen LogP contribution >= 0.6 is 0 Å². The molecule has 2 N–H and O–H groups in total. The number of rotatable bonds is 8. The molecule has 0 aromatic carbocycles. The molecule has 1 amide bonds. The van der Waals surface area contributed by atoms with E-state index in [-0.39, 0.29) is 25.0 Å². The zero-order valence-corrected chi connectivity index (χ0v) is 22.2. The summed E-state index contributed by atoms with van der Waals surface area (Å²) in [6, 6.07) is 0. The van der Waals surface area contributed by atoms with Crippen molar-refractivity contribution in [3.05, 3.63) is 0 Å². The van der Waals surface area contributed by atoms with Gasteiger partial charge in [-0.15, -0.1) is 0 Å². The minimum Gasteiger partial charge on any atom is -0.748 e. The van der Waals surface area contributed by atoms with E-state index in [2.05, 4.69) is 26.1 Å². The minimum atomic E-state index is -4.21. The second-order valence-corrected chi connectivity index (χ2v) is 14.3. The van der Waals surface area contributed by atoms with Gasteiger partial charge in [-0.05, 0) is 117 Å². The van der Waals surface area contributed by atoms with E-state index in [1.807, 2.05) is 0 Å². The molecule has 0 aliphatic heterocycles. The number of amides is 1. The van der Waals surface area contributed by atoms with E-state index in [1.165, 1.54) is 44.9 Å². The Bertz CT molecular complexity index is 846. The topological polar surface area (TPSA) is 107 Å². The molecular formula is C27H46NO5S-. The molecule has 0 saturated heterocycles. The van der Waals surface area contributed by atoms with Crippen molar-refractivity contribution in [2.45, 2.75) is 104 Å². The lowest BCUT2D eigenvalue weighted by molar-refractivity contribution is -0.129. The van der Waals surface area contributed by atoms with Crippen molar-refractivity contribution in [3.63, 3.8) is 0 Å². The molecule has 0 bridgehead atoms. The minimum absolute atomic E-state index is 0.0377. The molecule has 4 saturated carbocycles. The van der Waals surface area contributed by atoms with Crippen molar-refractivity contribution < 1.29 is 22.9 Å². The third-order valence-corrected chi connectivity index (χ3v) is 11.9. The van der Waals surface area contributed by atoms with Gasteiger partial charge in [-0.1, -0.05) is 20.8 Å². The summed E-state index contributed by atoms with van der Waals surface area (Å²) < 4.78 is 32.1. The Balaban J connectivity index is 1.31. The fourth-order valence-electron chi connectivity index (χ4n) is 9.34. The predicted molar refractivity (Wildman–Crippen MR) is 132 cm³/mol. The average Bonchev–Trinajstić information content (AvgIpc) is 3.12. The molecule has 4 aliphatic carbocycles. The van der Waals surface area contributed by atoms with Crippen LogP contribution in [0.2, 0.25) is 0 Å². The summed E-state index contributed by atoms with van der Waals surface area (Å²) in [5.41, 5.74) is 0.785. The fourth-order valence-corrected chi connectivity index (χ4v) is 9.83. The molecule has 196 valence electrons. The second-order valence-electron chi connectivity index (χ2n) is 12.8. The van der Waals surface area contributed by atoms with Crippen LogP contribution in [0.1, 0.15) is 97.8 Å². The van der Waals surface area contributed by atoms with Gasteiger partial charge in [0.25, 0.3) is 0 Å². The SMILES string of the molecule is C[C@H](CCC(=O)NCCCS(=O)(=O)[O-])[C@H]1CC[C@H]2[C@@H]3CC[C@@H]4C[C@H](O)CC[C@]4(C)[C@H]3CC[C@]12C. The van der Waals surface area contributed by atoms with Crippen molar-refractivity contribution in [2.75, 3.05) is 12.3 Å². The van der Waals surface area contributed by atoms with Gasteiger partial charge in [0.2, 0.25) is 5.91 Å². The van der Waals surface area contributed by atoms with E-state index in [1.54, 1.807) is 0 Å². The lowest BCUT2D eigenvalue weighted by atomic mass is 9.44. The third kappa shape index (κ3) is 5.22. The lowest BCUT2D eigenvalue weighted by Crippen LogP contribution is -2.54. The van der Waals surface area contributed by atoms with Crippen LogP contribution < -0.4 is 5.32 Å². The van der Waals surface area contributed by atoms with Crippen LogP contribution in [-0.4, -0.2) is 42.4 Å². The van der Waals surface area contributed by atoms with Crippen molar-refractivity contribution in [1.29, 1.82) is 0 Å². The molecule has 4 fully saturated rings. The first kappa shape index (κ1) is 26.4. The predicted octanol–water partition coefficient (Wildman–Crippen LogP) is 4.47. The van der Waals surface area contributed by atoms with Crippen molar-refractivity contribution in [1.82, 2.24) is 5.32 Å². The summed E-state index contributed by atoms with van der Waals surface area (Å²) in [6.07, 6.45) is 12.5. The van der Waals surface area contributed by atoms with E-state index in [0.717, 1.165) is 37.0 Å². The molecule has 0 unspecified atom stereocenters. The number of fused-ring (bicyclic) bond motifs is 5. The van der Waals surface area contributed by atoms with Crippen molar-refractivity contribution >= 4 is 16.0 Å². The molecule has 34 heavy (non-hydrogen) atoms. The molecule has 7 heteroatoms. The Hall–Kier alpha value is -0.660. The van der Waals surface area contributed by atoms with Crippen LogP contribution in [0, 0.1) is 46.3 Å². The zero-order valence-electron chi connectivity index (χ0n) is 21.4. The molecule has 4 aliphatic rings. The Labute approximate surface area is 206 Å². The molecule has 0 radical (unpaired) electrons. The van der Waals surface area contributed by atoms with Crippen LogP contribution in [0.15, 0.2) is 0 Å². The van der Waals surface area contributed by atoms with Crippen LogP contribution in [0.5, 0.6) is 0 Å². The highest BCUT2D eigenvalue weighted by molar-refractivity contribution is 7.85. The summed E-state index contributed by atoms with van der Waals surface area (Å²) >= 11 is 0. The summed E-state index contributed by atoms with van der Waals surface area (Å²) in [6.45, 7) is 7.66. The fraction of sp³-hybridized carbons (Fsp3) is 0.963. The first-order valence-corrected chi connectivity index (χ1v) is 15.4. The molecule has 0 heterocycles. The van der Waals surface area contributed by atoms with Gasteiger partial charge in [0.1, 0.15) is 0 Å². The van der Waals surface area contributed by atoms with Gasteiger partial charge in [0.05, 0.1) is 16.2 Å². The Morgan fingerprint density at radius 2 is 1.76 bits per heavy atom. The average molecular weight is 497 g/mol. The maximum absolute atomic E-state index is 12.3. The number of carbonyl (C=O) groups is 1. The maximum atomic E-state index is 12.3. The lowest BCUT2D eigenvalue weighted by Gasteiger charge is -2.61. The van der Waals surface area contributed by atoms with Crippen LogP contribution in [0.3, 0.4) is 0 Å². The monoisotopic (exact) mass is 496 g/mol. The highest BCUT2D eigenvalue weighted by Gasteiger charge is 2.60. The Morgan fingerprint density at radius 3 is 2.50 bits per heavy atom. The first-order chi connectivity index (χ1) is 15.9. The van der Waals surface area contributed by atoms with E-state index >= 15 is 0 Å². The van der Waals surface area contributed by atoms with E-state index in [4.69, 9.17) is 0 Å². The Kier molecular flexibility index (Phi) is 7.77. The number of hydrogen-bond donors (Lipinski definition) is 2. The van der Waals surface area contributed by atoms with Crippen LogP contribution in [0.4, 0.5) is 0 Å². The normalized spacial score (nSPS) is 42.9. The maximum Gasteiger partial charge on any atom is 0.220 e. The number of hydrogen-bond acceptors (Lipinski definition) is 5. The molecule has 4 rings (SSSR count). The van der Waals surface area contributed by atoms with Crippen molar-refractivity contribution in [2.24, 2.45) is 46.3 Å².